The van der Waals surface area contributed by atoms with E-state index in [0.29, 0.717) is 10.7 Å². The van der Waals surface area contributed by atoms with Crippen LogP contribution in [0.15, 0.2) is 24.4 Å². The lowest BCUT2D eigenvalue weighted by atomic mass is 10.0. The number of aromatic nitrogens is 3. The van der Waals surface area contributed by atoms with Gasteiger partial charge >= 0.3 is 0 Å². The molecule has 17 heavy (non-hydrogen) atoms. The maximum absolute atomic E-state index is 13.5. The van der Waals surface area contributed by atoms with E-state index in [1.165, 1.54) is 22.9 Å². The highest BCUT2D eigenvalue weighted by Gasteiger charge is 2.15. The molecule has 0 aliphatic carbocycles. The van der Waals surface area contributed by atoms with Crippen LogP contribution >= 0.6 is 11.6 Å². The fourth-order valence-electron chi connectivity index (χ4n) is 1.57. The second-order valence-corrected chi connectivity index (χ2v) is 4.21. The normalized spacial score (nSPS) is 12.7. The minimum atomic E-state index is -0.981. The first kappa shape index (κ1) is 12.0. The van der Waals surface area contributed by atoms with Crippen molar-refractivity contribution in [1.82, 2.24) is 15.0 Å². The maximum atomic E-state index is 13.5. The van der Waals surface area contributed by atoms with Gasteiger partial charge in [0.25, 0.3) is 0 Å². The molecule has 1 heterocycles. The number of rotatable bonds is 3. The van der Waals surface area contributed by atoms with Crippen LogP contribution in [0.2, 0.25) is 5.02 Å². The van der Waals surface area contributed by atoms with Crippen molar-refractivity contribution in [2.75, 3.05) is 0 Å². The molecule has 4 nitrogen and oxygen atoms in total. The lowest BCUT2D eigenvalue weighted by Crippen LogP contribution is -2.04. The number of nitrogens with zero attached hydrogens (tertiary/aromatic N) is 3. The summed E-state index contributed by atoms with van der Waals surface area (Å²) in [6.45, 7) is 0. The van der Waals surface area contributed by atoms with Gasteiger partial charge in [0.1, 0.15) is 5.82 Å². The largest absolute Gasteiger partial charge is 0.388 e. The van der Waals surface area contributed by atoms with Gasteiger partial charge in [-0.15, -0.1) is 5.10 Å². The number of aliphatic hydroxyl groups is 1. The zero-order chi connectivity index (χ0) is 12.4. The molecule has 0 radical (unpaired) electrons. The summed E-state index contributed by atoms with van der Waals surface area (Å²) in [6.07, 6.45) is 0.891. The van der Waals surface area contributed by atoms with Crippen molar-refractivity contribution in [3.8, 4) is 0 Å². The molecule has 6 heteroatoms. The number of aryl methyl sites for hydroxylation is 1. The fraction of sp³-hybridized carbons (Fsp3) is 0.273. The topological polar surface area (TPSA) is 50.9 Å². The van der Waals surface area contributed by atoms with E-state index >= 15 is 0 Å². The monoisotopic (exact) mass is 255 g/mol. The van der Waals surface area contributed by atoms with Crippen molar-refractivity contribution in [1.29, 1.82) is 0 Å². The van der Waals surface area contributed by atoms with Gasteiger partial charge in [0, 0.05) is 30.3 Å². The highest BCUT2D eigenvalue weighted by Crippen LogP contribution is 2.23. The van der Waals surface area contributed by atoms with E-state index in [9.17, 15) is 9.50 Å². The zero-order valence-electron chi connectivity index (χ0n) is 9.14. The molecule has 1 N–H and O–H groups in total. The first-order valence-electron chi connectivity index (χ1n) is 5.04. The highest BCUT2D eigenvalue weighted by atomic mass is 35.5. The molecule has 0 saturated heterocycles. The number of hydrogen-bond acceptors (Lipinski definition) is 3. The molecule has 90 valence electrons. The second-order valence-electron chi connectivity index (χ2n) is 3.77. The Labute approximate surface area is 103 Å². The Bertz CT molecular complexity index is 529. The molecule has 0 saturated carbocycles. The smallest absolute Gasteiger partial charge is 0.129 e. The first-order valence-corrected chi connectivity index (χ1v) is 5.42. The summed E-state index contributed by atoms with van der Waals surface area (Å²) in [6, 6.07) is 4.09. The third-order valence-corrected chi connectivity index (χ3v) is 2.60. The average molecular weight is 256 g/mol. The van der Waals surface area contributed by atoms with Gasteiger partial charge in [-0.25, -0.2) is 4.39 Å². The van der Waals surface area contributed by atoms with Gasteiger partial charge in [-0.1, -0.05) is 16.8 Å². The molecule has 1 unspecified atom stereocenters. The fourth-order valence-corrected chi connectivity index (χ4v) is 1.75. The third kappa shape index (κ3) is 2.81. The molecule has 0 aliphatic heterocycles. The average Bonchev–Trinajstić information content (AvgIpc) is 2.67. The van der Waals surface area contributed by atoms with E-state index in [1.54, 1.807) is 13.2 Å². The Morgan fingerprint density at radius 1 is 1.53 bits per heavy atom. The quantitative estimate of drug-likeness (QED) is 0.911. The summed E-state index contributed by atoms with van der Waals surface area (Å²) in [5.74, 6) is -0.481. The van der Waals surface area contributed by atoms with Gasteiger partial charge in [-0.05, 0) is 18.2 Å². The van der Waals surface area contributed by atoms with Gasteiger partial charge in [-0.2, -0.15) is 0 Å². The van der Waals surface area contributed by atoms with Crippen LogP contribution in [0, 0.1) is 5.82 Å². The highest BCUT2D eigenvalue weighted by molar-refractivity contribution is 6.30. The molecule has 0 bridgehead atoms. The Balaban J connectivity index is 2.19. The van der Waals surface area contributed by atoms with E-state index < -0.39 is 11.9 Å². The van der Waals surface area contributed by atoms with Crippen LogP contribution in [-0.2, 0) is 13.5 Å². The molecule has 2 aromatic rings. The Morgan fingerprint density at radius 3 is 2.94 bits per heavy atom. The zero-order valence-corrected chi connectivity index (χ0v) is 9.89. The molecular formula is C11H11ClFN3O. The van der Waals surface area contributed by atoms with Gasteiger partial charge in [-0.3, -0.25) is 4.68 Å². The molecule has 1 aromatic carbocycles. The van der Waals surface area contributed by atoms with E-state index in [2.05, 4.69) is 10.3 Å². The third-order valence-electron chi connectivity index (χ3n) is 2.37. The van der Waals surface area contributed by atoms with Crippen molar-refractivity contribution in [3.63, 3.8) is 0 Å². The summed E-state index contributed by atoms with van der Waals surface area (Å²) < 4.78 is 15.0. The Kier molecular flexibility index (Phi) is 3.40. The van der Waals surface area contributed by atoms with Crippen molar-refractivity contribution >= 4 is 11.6 Å². The minimum Gasteiger partial charge on any atom is -0.388 e. The minimum absolute atomic E-state index is 0.170. The van der Waals surface area contributed by atoms with Crippen LogP contribution in [0.4, 0.5) is 4.39 Å². The number of hydrogen-bond donors (Lipinski definition) is 1. The predicted octanol–water partition coefficient (Wildman–Crippen LogP) is 1.88. The van der Waals surface area contributed by atoms with E-state index in [4.69, 9.17) is 11.6 Å². The van der Waals surface area contributed by atoms with E-state index in [0.717, 1.165) is 0 Å². The van der Waals surface area contributed by atoms with Crippen molar-refractivity contribution in [2.45, 2.75) is 12.5 Å². The maximum Gasteiger partial charge on any atom is 0.129 e. The lowest BCUT2D eigenvalue weighted by Gasteiger charge is -2.10. The predicted molar refractivity (Wildman–Crippen MR) is 61.1 cm³/mol. The molecule has 0 aliphatic rings. The molecule has 1 aromatic heterocycles. The van der Waals surface area contributed by atoms with Crippen molar-refractivity contribution in [3.05, 3.63) is 46.5 Å². The summed E-state index contributed by atoms with van der Waals surface area (Å²) >= 11 is 5.76. The van der Waals surface area contributed by atoms with Crippen molar-refractivity contribution < 1.29 is 9.50 Å². The number of benzene rings is 1. The first-order chi connectivity index (χ1) is 8.06. The molecule has 1 atom stereocenters. The summed E-state index contributed by atoms with van der Waals surface area (Å²) in [5.41, 5.74) is 0.766. The molecule has 2 rings (SSSR count). The van der Waals surface area contributed by atoms with Crippen molar-refractivity contribution in [2.24, 2.45) is 7.05 Å². The summed E-state index contributed by atoms with van der Waals surface area (Å²) in [5, 5.41) is 17.9. The number of halogens is 2. The van der Waals surface area contributed by atoms with Crippen LogP contribution < -0.4 is 0 Å². The molecule has 0 fully saturated rings. The molecule has 0 amide bonds. The van der Waals surface area contributed by atoms with Gasteiger partial charge in [0.05, 0.1) is 11.8 Å². The van der Waals surface area contributed by atoms with Crippen LogP contribution in [0.3, 0.4) is 0 Å². The molecule has 0 spiro atoms. The Morgan fingerprint density at radius 2 is 2.29 bits per heavy atom. The SMILES string of the molecule is Cn1cc(CC(O)c2cc(Cl)ccc2F)nn1. The lowest BCUT2D eigenvalue weighted by molar-refractivity contribution is 0.172. The van der Waals surface area contributed by atoms with Crippen LogP contribution in [0.25, 0.3) is 0 Å². The summed E-state index contributed by atoms with van der Waals surface area (Å²) in [4.78, 5) is 0. The van der Waals surface area contributed by atoms with Gasteiger partial charge in [0.15, 0.2) is 0 Å². The standard InChI is InChI=1S/C11H11ClFN3O/c1-16-6-8(14-15-16)5-11(17)9-4-7(12)2-3-10(9)13/h2-4,6,11,17H,5H2,1H3. The second kappa shape index (κ2) is 4.81. The van der Waals surface area contributed by atoms with Crippen LogP contribution in [-0.4, -0.2) is 20.1 Å². The van der Waals surface area contributed by atoms with Crippen LogP contribution in [0.5, 0.6) is 0 Å². The van der Waals surface area contributed by atoms with E-state index in [-0.39, 0.29) is 12.0 Å². The summed E-state index contributed by atoms with van der Waals surface area (Å²) in [7, 11) is 1.73. The number of aliphatic hydroxyl groups excluding tert-OH is 1. The van der Waals surface area contributed by atoms with Gasteiger partial charge < -0.3 is 5.11 Å². The van der Waals surface area contributed by atoms with Gasteiger partial charge in [0.2, 0.25) is 0 Å². The van der Waals surface area contributed by atoms with Crippen LogP contribution in [0.1, 0.15) is 17.4 Å². The molecular weight excluding hydrogens is 245 g/mol. The van der Waals surface area contributed by atoms with E-state index in [1.807, 2.05) is 0 Å². The Hall–Kier alpha value is -1.46.